The van der Waals surface area contributed by atoms with E-state index in [0.717, 1.165) is 11.1 Å². The van der Waals surface area contributed by atoms with Crippen molar-refractivity contribution in [2.45, 2.75) is 5.92 Å². The lowest BCUT2D eigenvalue weighted by atomic mass is 10.0. The smallest absolute Gasteiger partial charge is 0.237 e. The van der Waals surface area contributed by atoms with Crippen LogP contribution in [0.4, 0.5) is 0 Å². The van der Waals surface area contributed by atoms with Gasteiger partial charge in [0, 0.05) is 11.1 Å². The average Bonchev–Trinajstić information content (AvgIpc) is 2.62. The Morgan fingerprint density at radius 2 is 1.20 bits per heavy atom. The van der Waals surface area contributed by atoms with Gasteiger partial charge in [0.2, 0.25) is 11.8 Å². The molecular weight excluding hydrogens is 318 g/mol. The molecule has 4 N–H and O–H groups in total. The largest absolute Gasteiger partial charge is 0.369 e. The van der Waals surface area contributed by atoms with E-state index >= 15 is 0 Å². The zero-order valence-electron chi connectivity index (χ0n) is 13.2. The molecule has 2 aromatic carbocycles. The lowest BCUT2D eigenvalue weighted by Crippen LogP contribution is -2.34. The Morgan fingerprint density at radius 1 is 0.720 bits per heavy atom. The van der Waals surface area contributed by atoms with Crippen LogP contribution in [0.1, 0.15) is 11.7 Å². The first kappa shape index (κ1) is 16.3. The summed E-state index contributed by atoms with van der Waals surface area (Å²) >= 11 is 0. The van der Waals surface area contributed by atoms with E-state index in [1.54, 1.807) is 0 Å². The number of nitrogens with two attached hydrogens (primary N) is 2. The number of carbonyl (C=O) groups is 2. The molecule has 0 spiro atoms. The Hall–Kier alpha value is -3.61. The number of hydrogen-bond acceptors (Lipinski definition) is 5. The van der Waals surface area contributed by atoms with Gasteiger partial charge < -0.3 is 11.5 Å². The van der Waals surface area contributed by atoms with E-state index < -0.39 is 17.7 Å². The van der Waals surface area contributed by atoms with E-state index in [0.29, 0.717) is 11.4 Å². The summed E-state index contributed by atoms with van der Waals surface area (Å²) in [6, 6.07) is 18.7. The molecule has 25 heavy (non-hydrogen) atoms. The Kier molecular flexibility index (Phi) is 4.47. The van der Waals surface area contributed by atoms with Crippen LogP contribution in [-0.2, 0) is 9.59 Å². The maximum atomic E-state index is 11.6. The van der Waals surface area contributed by atoms with Crippen molar-refractivity contribution in [3.8, 4) is 22.5 Å². The van der Waals surface area contributed by atoms with Gasteiger partial charge in [-0.25, -0.2) is 4.98 Å². The molecule has 0 saturated carbocycles. The summed E-state index contributed by atoms with van der Waals surface area (Å²) in [5.41, 5.74) is 13.1. The van der Waals surface area contributed by atoms with Crippen LogP contribution < -0.4 is 11.5 Å². The predicted molar refractivity (Wildman–Crippen MR) is 91.8 cm³/mol. The highest BCUT2D eigenvalue weighted by Crippen LogP contribution is 2.29. The van der Waals surface area contributed by atoms with Crippen molar-refractivity contribution in [1.82, 2.24) is 15.2 Å². The van der Waals surface area contributed by atoms with Gasteiger partial charge in [-0.3, -0.25) is 9.59 Å². The van der Waals surface area contributed by atoms with Gasteiger partial charge in [0.1, 0.15) is 11.4 Å². The summed E-state index contributed by atoms with van der Waals surface area (Å²) in [4.78, 5) is 27.5. The average molecular weight is 333 g/mol. The van der Waals surface area contributed by atoms with E-state index in [4.69, 9.17) is 11.5 Å². The van der Waals surface area contributed by atoms with E-state index in [-0.39, 0.29) is 5.82 Å². The van der Waals surface area contributed by atoms with Crippen LogP contribution in [0.5, 0.6) is 0 Å². The number of carbonyl (C=O) groups excluding carboxylic acids is 2. The van der Waals surface area contributed by atoms with Crippen LogP contribution in [0, 0.1) is 0 Å². The molecular formula is C18H15N5O2. The molecule has 2 amide bonds. The second-order valence-corrected chi connectivity index (χ2v) is 5.34. The summed E-state index contributed by atoms with van der Waals surface area (Å²) < 4.78 is 0. The van der Waals surface area contributed by atoms with Crippen LogP contribution in [0.25, 0.3) is 22.5 Å². The number of nitrogens with zero attached hydrogens (tertiary/aromatic N) is 3. The third-order valence-corrected chi connectivity index (χ3v) is 3.62. The normalized spacial score (nSPS) is 10.6. The van der Waals surface area contributed by atoms with Gasteiger partial charge in [-0.2, -0.15) is 0 Å². The third kappa shape index (κ3) is 3.35. The van der Waals surface area contributed by atoms with Crippen molar-refractivity contribution in [3.05, 3.63) is 66.5 Å². The molecule has 0 aliphatic heterocycles. The number of hydrogen-bond donors (Lipinski definition) is 2. The minimum atomic E-state index is -1.43. The standard InChI is InChI=1S/C18H15N5O2/c19-16(24)13(17(20)25)18-21-14(11-7-3-1-4-8-11)15(22-23-18)12-9-5-2-6-10-12/h1-10,13H,(H2,19,24)(H2,20,25). The molecule has 0 aliphatic carbocycles. The molecule has 7 nitrogen and oxygen atoms in total. The minimum Gasteiger partial charge on any atom is -0.369 e. The SMILES string of the molecule is NC(=O)C(C(N)=O)c1nnc(-c2ccccc2)c(-c2ccccc2)n1. The second-order valence-electron chi connectivity index (χ2n) is 5.34. The van der Waals surface area contributed by atoms with E-state index in [1.807, 2.05) is 60.7 Å². The van der Waals surface area contributed by atoms with Crippen LogP contribution in [0.3, 0.4) is 0 Å². The van der Waals surface area contributed by atoms with Gasteiger partial charge in [0.25, 0.3) is 0 Å². The molecule has 0 radical (unpaired) electrons. The molecule has 0 bridgehead atoms. The molecule has 124 valence electrons. The molecule has 0 unspecified atom stereocenters. The highest BCUT2D eigenvalue weighted by molar-refractivity contribution is 6.03. The Bertz CT molecular complexity index is 899. The summed E-state index contributed by atoms with van der Waals surface area (Å²) in [6.45, 7) is 0. The number of benzene rings is 2. The van der Waals surface area contributed by atoms with Crippen LogP contribution in [0.2, 0.25) is 0 Å². The first-order valence-electron chi connectivity index (χ1n) is 7.52. The van der Waals surface area contributed by atoms with Gasteiger partial charge in [-0.1, -0.05) is 60.7 Å². The van der Waals surface area contributed by atoms with Crippen molar-refractivity contribution in [2.24, 2.45) is 11.5 Å². The number of amides is 2. The van der Waals surface area contributed by atoms with Crippen molar-refractivity contribution in [1.29, 1.82) is 0 Å². The van der Waals surface area contributed by atoms with Gasteiger partial charge in [-0.15, -0.1) is 10.2 Å². The van der Waals surface area contributed by atoms with Gasteiger partial charge in [0.15, 0.2) is 11.7 Å². The number of primary amides is 2. The Morgan fingerprint density at radius 3 is 1.68 bits per heavy atom. The van der Waals surface area contributed by atoms with E-state index in [2.05, 4.69) is 15.2 Å². The van der Waals surface area contributed by atoms with Crippen molar-refractivity contribution >= 4 is 11.8 Å². The second kappa shape index (κ2) is 6.88. The number of aromatic nitrogens is 3. The van der Waals surface area contributed by atoms with Crippen LogP contribution in [0.15, 0.2) is 60.7 Å². The molecule has 0 atom stereocenters. The molecule has 1 heterocycles. The van der Waals surface area contributed by atoms with Crippen molar-refractivity contribution < 1.29 is 9.59 Å². The monoisotopic (exact) mass is 333 g/mol. The lowest BCUT2D eigenvalue weighted by molar-refractivity contribution is -0.128. The molecule has 0 aliphatic rings. The first-order chi connectivity index (χ1) is 12.1. The lowest BCUT2D eigenvalue weighted by Gasteiger charge is -2.12. The zero-order valence-corrected chi connectivity index (χ0v) is 13.2. The van der Waals surface area contributed by atoms with Gasteiger partial charge in [0.05, 0.1) is 0 Å². The van der Waals surface area contributed by atoms with Gasteiger partial charge >= 0.3 is 0 Å². The highest BCUT2D eigenvalue weighted by Gasteiger charge is 2.29. The Labute approximate surface area is 143 Å². The van der Waals surface area contributed by atoms with E-state index in [9.17, 15) is 9.59 Å². The number of rotatable bonds is 5. The molecule has 7 heteroatoms. The van der Waals surface area contributed by atoms with E-state index in [1.165, 1.54) is 0 Å². The fraction of sp³-hybridized carbons (Fsp3) is 0.0556. The molecule has 3 rings (SSSR count). The summed E-state index contributed by atoms with van der Waals surface area (Å²) in [5.74, 6) is -3.38. The summed E-state index contributed by atoms with van der Waals surface area (Å²) in [6.07, 6.45) is 0. The quantitative estimate of drug-likeness (QED) is 0.680. The molecule has 0 saturated heterocycles. The molecule has 3 aromatic rings. The molecule has 1 aromatic heterocycles. The van der Waals surface area contributed by atoms with Gasteiger partial charge in [-0.05, 0) is 0 Å². The highest BCUT2D eigenvalue weighted by atomic mass is 16.2. The topological polar surface area (TPSA) is 125 Å². The minimum absolute atomic E-state index is 0.112. The van der Waals surface area contributed by atoms with Crippen molar-refractivity contribution in [3.63, 3.8) is 0 Å². The summed E-state index contributed by atoms with van der Waals surface area (Å²) in [7, 11) is 0. The fourth-order valence-corrected chi connectivity index (χ4v) is 2.44. The first-order valence-corrected chi connectivity index (χ1v) is 7.52. The van der Waals surface area contributed by atoms with Crippen molar-refractivity contribution in [2.75, 3.05) is 0 Å². The Balaban J connectivity index is 2.21. The van der Waals surface area contributed by atoms with Crippen LogP contribution >= 0.6 is 0 Å². The predicted octanol–water partition coefficient (Wildman–Crippen LogP) is 1.26. The fourth-order valence-electron chi connectivity index (χ4n) is 2.44. The zero-order chi connectivity index (χ0) is 17.8. The third-order valence-electron chi connectivity index (χ3n) is 3.62. The maximum Gasteiger partial charge on any atom is 0.237 e. The molecule has 0 fully saturated rings. The maximum absolute atomic E-state index is 11.6. The summed E-state index contributed by atoms with van der Waals surface area (Å²) in [5, 5.41) is 8.10. The van der Waals surface area contributed by atoms with Crippen LogP contribution in [-0.4, -0.2) is 27.0 Å².